The smallest absolute Gasteiger partial charge is 0.208 e. The van der Waals surface area contributed by atoms with Gasteiger partial charge in [-0.2, -0.15) is 0 Å². The Labute approximate surface area is 116 Å². The second-order valence-electron chi connectivity index (χ2n) is 6.54. The van der Waals surface area contributed by atoms with E-state index in [1.54, 1.807) is 24.3 Å². The van der Waals surface area contributed by atoms with Crippen molar-refractivity contribution in [3.05, 3.63) is 30.3 Å². The maximum atomic E-state index is 12.3. The molecule has 0 aromatic heterocycles. The van der Waals surface area contributed by atoms with Crippen molar-refractivity contribution in [2.24, 2.45) is 11.3 Å². The van der Waals surface area contributed by atoms with Crippen LogP contribution in [0.15, 0.2) is 35.2 Å². The lowest BCUT2D eigenvalue weighted by atomic mass is 9.71. The van der Waals surface area contributed by atoms with Crippen LogP contribution in [0.1, 0.15) is 40.0 Å². The van der Waals surface area contributed by atoms with Crippen LogP contribution in [0.4, 0.5) is 0 Å². The molecule has 0 aliphatic heterocycles. The Kier molecular flexibility index (Phi) is 4.02. The third-order valence-electron chi connectivity index (χ3n) is 3.76. The quantitative estimate of drug-likeness (QED) is 0.925. The summed E-state index contributed by atoms with van der Waals surface area (Å²) in [6.45, 7) is 6.63. The summed E-state index contributed by atoms with van der Waals surface area (Å²) in [6, 6.07) is 8.65. The number of hydrogen-bond donors (Lipinski definition) is 1. The van der Waals surface area contributed by atoms with Gasteiger partial charge in [-0.15, -0.1) is 0 Å². The van der Waals surface area contributed by atoms with E-state index in [4.69, 9.17) is 0 Å². The molecule has 106 valence electrons. The van der Waals surface area contributed by atoms with Gasteiger partial charge in [-0.1, -0.05) is 39.0 Å². The standard InChI is InChI=1S/C15H23NO2S/c1-12-9-13(11-15(2,3)10-12)16-19(17,18)14-7-5-4-6-8-14/h4-8,12-13,16H,9-11H2,1-3H3/t12-,13-/m1/s1. The molecule has 3 nitrogen and oxygen atoms in total. The highest BCUT2D eigenvalue weighted by Crippen LogP contribution is 2.38. The molecule has 1 aromatic rings. The number of sulfonamides is 1. The molecule has 0 unspecified atom stereocenters. The van der Waals surface area contributed by atoms with Gasteiger partial charge in [-0.3, -0.25) is 0 Å². The first-order valence-corrected chi connectivity index (χ1v) is 8.34. The minimum atomic E-state index is -3.38. The van der Waals surface area contributed by atoms with Crippen LogP contribution < -0.4 is 4.72 Å². The monoisotopic (exact) mass is 281 g/mol. The first-order valence-electron chi connectivity index (χ1n) is 6.86. The molecule has 1 saturated carbocycles. The van der Waals surface area contributed by atoms with Gasteiger partial charge >= 0.3 is 0 Å². The molecule has 1 aliphatic rings. The van der Waals surface area contributed by atoms with Gasteiger partial charge in [-0.25, -0.2) is 13.1 Å². The predicted octanol–water partition coefficient (Wildman–Crippen LogP) is 3.18. The summed E-state index contributed by atoms with van der Waals surface area (Å²) in [5, 5.41) is 0. The van der Waals surface area contributed by atoms with Crippen LogP contribution in [0.25, 0.3) is 0 Å². The molecule has 0 radical (unpaired) electrons. The number of rotatable bonds is 3. The van der Waals surface area contributed by atoms with Crippen LogP contribution in [0.2, 0.25) is 0 Å². The van der Waals surface area contributed by atoms with Gasteiger partial charge in [-0.05, 0) is 42.7 Å². The highest BCUT2D eigenvalue weighted by molar-refractivity contribution is 7.89. The van der Waals surface area contributed by atoms with E-state index in [9.17, 15) is 8.42 Å². The topological polar surface area (TPSA) is 46.2 Å². The molecule has 1 N–H and O–H groups in total. The molecular weight excluding hydrogens is 258 g/mol. The highest BCUT2D eigenvalue weighted by Gasteiger charge is 2.34. The average molecular weight is 281 g/mol. The predicted molar refractivity (Wildman–Crippen MR) is 77.3 cm³/mol. The van der Waals surface area contributed by atoms with E-state index in [2.05, 4.69) is 25.5 Å². The van der Waals surface area contributed by atoms with E-state index in [0.717, 1.165) is 19.3 Å². The summed E-state index contributed by atoms with van der Waals surface area (Å²) in [6.07, 6.45) is 3.00. The van der Waals surface area contributed by atoms with Crippen molar-refractivity contribution in [3.8, 4) is 0 Å². The Hall–Kier alpha value is -0.870. The van der Waals surface area contributed by atoms with Gasteiger partial charge in [0, 0.05) is 6.04 Å². The van der Waals surface area contributed by atoms with Crippen molar-refractivity contribution < 1.29 is 8.42 Å². The zero-order valence-electron chi connectivity index (χ0n) is 11.9. The lowest BCUT2D eigenvalue weighted by Crippen LogP contribution is -2.42. The third-order valence-corrected chi connectivity index (χ3v) is 5.30. The second-order valence-corrected chi connectivity index (χ2v) is 8.26. The average Bonchev–Trinajstić information content (AvgIpc) is 2.26. The lowest BCUT2D eigenvalue weighted by molar-refractivity contribution is 0.163. The van der Waals surface area contributed by atoms with Crippen LogP contribution in [0.3, 0.4) is 0 Å². The molecular formula is C15H23NO2S. The lowest BCUT2D eigenvalue weighted by Gasteiger charge is -2.39. The van der Waals surface area contributed by atoms with E-state index in [-0.39, 0.29) is 11.5 Å². The largest absolute Gasteiger partial charge is 0.240 e. The molecule has 0 bridgehead atoms. The maximum absolute atomic E-state index is 12.3. The molecule has 0 amide bonds. The zero-order chi connectivity index (χ0) is 14.1. The molecule has 0 saturated heterocycles. The zero-order valence-corrected chi connectivity index (χ0v) is 12.7. The third kappa shape index (κ3) is 3.80. The fourth-order valence-electron chi connectivity index (χ4n) is 3.32. The van der Waals surface area contributed by atoms with Crippen molar-refractivity contribution in [3.63, 3.8) is 0 Å². The first-order chi connectivity index (χ1) is 8.78. The number of benzene rings is 1. The normalized spacial score (nSPS) is 27.1. The van der Waals surface area contributed by atoms with E-state index in [1.165, 1.54) is 0 Å². The number of nitrogens with one attached hydrogen (secondary N) is 1. The Balaban J connectivity index is 2.13. The van der Waals surface area contributed by atoms with Gasteiger partial charge in [0.15, 0.2) is 0 Å². The molecule has 19 heavy (non-hydrogen) atoms. The van der Waals surface area contributed by atoms with Crippen LogP contribution in [-0.4, -0.2) is 14.5 Å². The first kappa shape index (κ1) is 14.5. The fourth-order valence-corrected chi connectivity index (χ4v) is 4.59. The summed E-state index contributed by atoms with van der Waals surface area (Å²) < 4.78 is 27.5. The summed E-state index contributed by atoms with van der Waals surface area (Å²) in [4.78, 5) is 0.353. The minimum Gasteiger partial charge on any atom is -0.208 e. The molecule has 1 aliphatic carbocycles. The molecule has 1 fully saturated rings. The SMILES string of the molecule is C[C@@H]1C[C@@H](NS(=O)(=O)c2ccccc2)CC(C)(C)C1. The van der Waals surface area contributed by atoms with Crippen LogP contribution in [0, 0.1) is 11.3 Å². The van der Waals surface area contributed by atoms with E-state index in [0.29, 0.717) is 10.8 Å². The van der Waals surface area contributed by atoms with Crippen LogP contribution in [0.5, 0.6) is 0 Å². The van der Waals surface area contributed by atoms with E-state index in [1.807, 2.05) is 6.07 Å². The van der Waals surface area contributed by atoms with Crippen LogP contribution in [-0.2, 0) is 10.0 Å². The van der Waals surface area contributed by atoms with Crippen molar-refractivity contribution in [2.75, 3.05) is 0 Å². The summed E-state index contributed by atoms with van der Waals surface area (Å²) in [5.41, 5.74) is 0.210. The van der Waals surface area contributed by atoms with Gasteiger partial charge in [0.05, 0.1) is 4.90 Å². The molecule has 0 heterocycles. The Bertz CT molecular complexity index is 522. The van der Waals surface area contributed by atoms with Crippen LogP contribution >= 0.6 is 0 Å². The maximum Gasteiger partial charge on any atom is 0.240 e. The Morgan fingerprint density at radius 3 is 2.37 bits per heavy atom. The van der Waals surface area contributed by atoms with Gasteiger partial charge in [0.1, 0.15) is 0 Å². The van der Waals surface area contributed by atoms with E-state index < -0.39 is 10.0 Å². The van der Waals surface area contributed by atoms with Crippen molar-refractivity contribution in [1.29, 1.82) is 0 Å². The molecule has 2 rings (SSSR count). The Morgan fingerprint density at radius 1 is 1.16 bits per heavy atom. The minimum absolute atomic E-state index is 0.0453. The second kappa shape index (κ2) is 5.25. The Morgan fingerprint density at radius 2 is 1.79 bits per heavy atom. The highest BCUT2D eigenvalue weighted by atomic mass is 32.2. The molecule has 2 atom stereocenters. The summed E-state index contributed by atoms with van der Waals surface area (Å²) in [5.74, 6) is 0.562. The van der Waals surface area contributed by atoms with Gasteiger partial charge < -0.3 is 0 Å². The van der Waals surface area contributed by atoms with E-state index >= 15 is 0 Å². The van der Waals surface area contributed by atoms with Gasteiger partial charge in [0.25, 0.3) is 0 Å². The molecule has 4 heteroatoms. The van der Waals surface area contributed by atoms with Crippen molar-refractivity contribution in [2.45, 2.75) is 51.0 Å². The van der Waals surface area contributed by atoms with Gasteiger partial charge in [0.2, 0.25) is 10.0 Å². The number of hydrogen-bond acceptors (Lipinski definition) is 2. The van der Waals surface area contributed by atoms with Crippen molar-refractivity contribution in [1.82, 2.24) is 4.72 Å². The molecule has 1 aromatic carbocycles. The summed E-state index contributed by atoms with van der Waals surface area (Å²) in [7, 11) is -3.38. The fraction of sp³-hybridized carbons (Fsp3) is 0.600. The summed E-state index contributed by atoms with van der Waals surface area (Å²) >= 11 is 0. The van der Waals surface area contributed by atoms with Crippen molar-refractivity contribution >= 4 is 10.0 Å². The molecule has 0 spiro atoms.